The van der Waals surface area contributed by atoms with E-state index in [0.29, 0.717) is 6.42 Å². The SMILES string of the molecule is CCC(O)COC1OC(COC2OC(CO)C(O)C(O)C2O)C(O)C(O)C1O. The van der Waals surface area contributed by atoms with Gasteiger partial charge in [0.25, 0.3) is 0 Å². The summed E-state index contributed by atoms with van der Waals surface area (Å²) in [5.41, 5.74) is 0. The molecule has 0 saturated carbocycles. The molecule has 12 heteroatoms. The lowest BCUT2D eigenvalue weighted by Gasteiger charge is -2.42. The first-order chi connectivity index (χ1) is 13.2. The van der Waals surface area contributed by atoms with Crippen molar-refractivity contribution in [3.05, 3.63) is 0 Å². The standard InChI is InChI=1S/C16H30O12/c1-2-6(18)4-25-15-14(24)12(22)10(20)8(28-15)5-26-16-13(23)11(21)9(19)7(3-17)27-16/h6-24H,2-5H2,1H3. The topological polar surface area (TPSA) is 199 Å². The first kappa shape index (κ1) is 23.8. The summed E-state index contributed by atoms with van der Waals surface area (Å²) in [6.07, 6.45) is -15.1. The van der Waals surface area contributed by atoms with Gasteiger partial charge in [0, 0.05) is 0 Å². The molecule has 11 atom stereocenters. The molecule has 0 aromatic carbocycles. The monoisotopic (exact) mass is 414 g/mol. The van der Waals surface area contributed by atoms with Crippen LogP contribution in [-0.4, -0.2) is 128 Å². The molecule has 2 aliphatic heterocycles. The van der Waals surface area contributed by atoms with Gasteiger partial charge in [0.05, 0.1) is 25.9 Å². The lowest BCUT2D eigenvalue weighted by atomic mass is 9.98. The molecule has 11 unspecified atom stereocenters. The van der Waals surface area contributed by atoms with Gasteiger partial charge >= 0.3 is 0 Å². The maximum atomic E-state index is 10.1. The van der Waals surface area contributed by atoms with Crippen LogP contribution in [0.3, 0.4) is 0 Å². The van der Waals surface area contributed by atoms with Crippen molar-refractivity contribution in [1.29, 1.82) is 0 Å². The molecule has 0 amide bonds. The van der Waals surface area contributed by atoms with E-state index in [9.17, 15) is 35.7 Å². The van der Waals surface area contributed by atoms with Crippen molar-refractivity contribution >= 4 is 0 Å². The Morgan fingerprint density at radius 2 is 1.25 bits per heavy atom. The number of hydrogen-bond donors (Lipinski definition) is 8. The zero-order chi connectivity index (χ0) is 21.0. The maximum absolute atomic E-state index is 10.1. The summed E-state index contributed by atoms with van der Waals surface area (Å²) < 4.78 is 21.1. The van der Waals surface area contributed by atoms with Gasteiger partial charge in [-0.25, -0.2) is 0 Å². The van der Waals surface area contributed by atoms with Crippen LogP contribution >= 0.6 is 0 Å². The molecule has 0 aromatic rings. The fraction of sp³-hybridized carbons (Fsp3) is 1.00. The third kappa shape index (κ3) is 5.36. The van der Waals surface area contributed by atoms with Crippen LogP contribution < -0.4 is 0 Å². The van der Waals surface area contributed by atoms with E-state index in [4.69, 9.17) is 24.1 Å². The van der Waals surface area contributed by atoms with Crippen LogP contribution in [0.1, 0.15) is 13.3 Å². The first-order valence-electron chi connectivity index (χ1n) is 9.12. The van der Waals surface area contributed by atoms with Crippen molar-refractivity contribution in [3.63, 3.8) is 0 Å². The first-order valence-corrected chi connectivity index (χ1v) is 9.12. The van der Waals surface area contributed by atoms with E-state index in [0.717, 1.165) is 0 Å². The number of aliphatic hydroxyl groups is 8. The number of aliphatic hydroxyl groups excluding tert-OH is 8. The van der Waals surface area contributed by atoms with Crippen molar-refractivity contribution in [2.75, 3.05) is 19.8 Å². The van der Waals surface area contributed by atoms with Gasteiger partial charge in [-0.2, -0.15) is 0 Å². The molecule has 166 valence electrons. The van der Waals surface area contributed by atoms with Gasteiger partial charge in [0.15, 0.2) is 12.6 Å². The Bertz CT molecular complexity index is 465. The minimum atomic E-state index is -1.64. The fourth-order valence-electron chi connectivity index (χ4n) is 2.91. The van der Waals surface area contributed by atoms with Gasteiger partial charge in [-0.15, -0.1) is 0 Å². The molecule has 2 heterocycles. The maximum Gasteiger partial charge on any atom is 0.186 e. The Morgan fingerprint density at radius 3 is 1.79 bits per heavy atom. The lowest BCUT2D eigenvalue weighted by molar-refractivity contribution is -0.332. The molecule has 2 fully saturated rings. The van der Waals surface area contributed by atoms with Gasteiger partial charge < -0.3 is 59.8 Å². The highest BCUT2D eigenvalue weighted by Crippen LogP contribution is 2.26. The quantitative estimate of drug-likeness (QED) is 0.189. The smallest absolute Gasteiger partial charge is 0.186 e. The predicted octanol–water partition coefficient (Wildman–Crippen LogP) is -4.60. The Hall–Kier alpha value is -0.480. The van der Waals surface area contributed by atoms with Crippen molar-refractivity contribution in [1.82, 2.24) is 0 Å². The van der Waals surface area contributed by atoms with Crippen LogP contribution in [0.4, 0.5) is 0 Å². The van der Waals surface area contributed by atoms with Crippen molar-refractivity contribution in [2.45, 2.75) is 80.9 Å². The highest BCUT2D eigenvalue weighted by Gasteiger charge is 2.47. The number of ether oxygens (including phenoxy) is 4. The molecular weight excluding hydrogens is 384 g/mol. The van der Waals surface area contributed by atoms with Gasteiger partial charge in [-0.05, 0) is 6.42 Å². The second kappa shape index (κ2) is 10.5. The minimum absolute atomic E-state index is 0.165. The molecule has 12 nitrogen and oxygen atoms in total. The molecule has 2 aliphatic rings. The zero-order valence-electron chi connectivity index (χ0n) is 15.4. The van der Waals surface area contributed by atoms with E-state index in [-0.39, 0.29) is 6.61 Å². The summed E-state index contributed by atoms with van der Waals surface area (Å²) in [6.45, 7) is 0.487. The second-order valence-corrected chi connectivity index (χ2v) is 6.94. The Labute approximate surface area is 161 Å². The lowest BCUT2D eigenvalue weighted by Crippen LogP contribution is -2.61. The summed E-state index contributed by atoms with van der Waals surface area (Å²) >= 11 is 0. The second-order valence-electron chi connectivity index (χ2n) is 6.94. The van der Waals surface area contributed by atoms with Gasteiger partial charge in [-0.1, -0.05) is 6.92 Å². The summed E-state index contributed by atoms with van der Waals surface area (Å²) in [5, 5.41) is 78.2. The van der Waals surface area contributed by atoms with Gasteiger partial charge in [-0.3, -0.25) is 0 Å². The van der Waals surface area contributed by atoms with Crippen LogP contribution in [0.25, 0.3) is 0 Å². The van der Waals surface area contributed by atoms with E-state index in [1.165, 1.54) is 0 Å². The Balaban J connectivity index is 1.95. The summed E-state index contributed by atoms with van der Waals surface area (Å²) in [4.78, 5) is 0. The predicted molar refractivity (Wildman–Crippen MR) is 88.7 cm³/mol. The van der Waals surface area contributed by atoms with E-state index in [1.54, 1.807) is 6.92 Å². The third-order valence-electron chi connectivity index (χ3n) is 4.87. The van der Waals surface area contributed by atoms with Crippen molar-refractivity contribution in [2.24, 2.45) is 0 Å². The van der Waals surface area contributed by atoms with Gasteiger partial charge in [0.1, 0.15) is 48.8 Å². The largest absolute Gasteiger partial charge is 0.394 e. The molecule has 0 bridgehead atoms. The molecule has 2 rings (SSSR count). The van der Waals surface area contributed by atoms with Crippen molar-refractivity contribution in [3.8, 4) is 0 Å². The van der Waals surface area contributed by atoms with Crippen LogP contribution in [0.2, 0.25) is 0 Å². The molecule has 0 radical (unpaired) electrons. The summed E-state index contributed by atoms with van der Waals surface area (Å²) in [6, 6.07) is 0. The molecule has 8 N–H and O–H groups in total. The average Bonchev–Trinajstić information content (AvgIpc) is 2.70. The number of rotatable bonds is 8. The highest BCUT2D eigenvalue weighted by atomic mass is 16.7. The highest BCUT2D eigenvalue weighted by molar-refractivity contribution is 4.91. The zero-order valence-corrected chi connectivity index (χ0v) is 15.4. The normalized spacial score (nSPS) is 45.8. The van der Waals surface area contributed by atoms with Crippen molar-refractivity contribution < 1.29 is 59.8 Å². The van der Waals surface area contributed by atoms with Crippen LogP contribution in [0.15, 0.2) is 0 Å². The molecular formula is C16H30O12. The molecule has 2 saturated heterocycles. The van der Waals surface area contributed by atoms with E-state index < -0.39 is 80.7 Å². The van der Waals surface area contributed by atoms with E-state index >= 15 is 0 Å². The van der Waals surface area contributed by atoms with Crippen LogP contribution in [0, 0.1) is 0 Å². The minimum Gasteiger partial charge on any atom is -0.394 e. The third-order valence-corrected chi connectivity index (χ3v) is 4.87. The number of hydrogen-bond acceptors (Lipinski definition) is 12. The molecule has 0 spiro atoms. The van der Waals surface area contributed by atoms with Crippen LogP contribution in [-0.2, 0) is 18.9 Å². The Morgan fingerprint density at radius 1 is 0.750 bits per heavy atom. The van der Waals surface area contributed by atoms with E-state index in [2.05, 4.69) is 0 Å². The van der Waals surface area contributed by atoms with Gasteiger partial charge in [0.2, 0.25) is 0 Å². The Kier molecular flexibility index (Phi) is 8.94. The molecule has 28 heavy (non-hydrogen) atoms. The summed E-state index contributed by atoms with van der Waals surface area (Å²) in [5.74, 6) is 0. The molecule has 0 aliphatic carbocycles. The van der Waals surface area contributed by atoms with E-state index in [1.807, 2.05) is 0 Å². The summed E-state index contributed by atoms with van der Waals surface area (Å²) in [7, 11) is 0. The average molecular weight is 414 g/mol. The van der Waals surface area contributed by atoms with Crippen LogP contribution in [0.5, 0.6) is 0 Å². The molecule has 0 aromatic heterocycles. The fourth-order valence-corrected chi connectivity index (χ4v) is 2.91.